The molecule has 5 aromatic rings. The number of rotatable bonds is 8. The summed E-state index contributed by atoms with van der Waals surface area (Å²) in [7, 11) is 0. The molecule has 1 N–H and O–H groups in total. The highest BCUT2D eigenvalue weighted by Crippen LogP contribution is 2.35. The van der Waals surface area contributed by atoms with Gasteiger partial charge in [-0.1, -0.05) is 54.6 Å². The Bertz CT molecular complexity index is 1780. The molecule has 10 nitrogen and oxygen atoms in total. The van der Waals surface area contributed by atoms with Gasteiger partial charge in [-0.3, -0.25) is 14.9 Å². The molecule has 10 heteroatoms. The molecule has 0 radical (unpaired) electrons. The smallest absolute Gasteiger partial charge is 0.344 e. The number of anilines is 1. The Kier molecular flexibility index (Phi) is 7.32. The molecule has 0 aliphatic carbocycles. The van der Waals surface area contributed by atoms with E-state index in [0.717, 1.165) is 5.56 Å². The highest BCUT2D eigenvalue weighted by molar-refractivity contribution is 6.13. The summed E-state index contributed by atoms with van der Waals surface area (Å²) >= 11 is 0. The number of nitro groups is 1. The van der Waals surface area contributed by atoms with Crippen LogP contribution >= 0.6 is 0 Å². The van der Waals surface area contributed by atoms with Crippen molar-refractivity contribution in [3.63, 3.8) is 0 Å². The summed E-state index contributed by atoms with van der Waals surface area (Å²) in [6, 6.07) is 22.5. The van der Waals surface area contributed by atoms with Crippen LogP contribution in [0.25, 0.3) is 28.3 Å². The third-order valence-electron chi connectivity index (χ3n) is 6.39. The van der Waals surface area contributed by atoms with Gasteiger partial charge in [0.2, 0.25) is 5.91 Å². The fourth-order valence-corrected chi connectivity index (χ4v) is 4.51. The zero-order chi connectivity index (χ0) is 28.2. The van der Waals surface area contributed by atoms with Crippen molar-refractivity contribution >= 4 is 51.7 Å². The van der Waals surface area contributed by atoms with Gasteiger partial charge < -0.3 is 14.6 Å². The maximum atomic E-state index is 13.3. The van der Waals surface area contributed by atoms with E-state index < -0.39 is 16.8 Å². The van der Waals surface area contributed by atoms with E-state index >= 15 is 0 Å². The molecule has 2 heterocycles. The second-order valence-corrected chi connectivity index (χ2v) is 8.96. The fraction of sp³-hybridized carbons (Fsp3) is 0.133. The molecule has 0 aliphatic rings. The van der Waals surface area contributed by atoms with Crippen molar-refractivity contribution < 1.29 is 19.2 Å². The number of hydrogen-bond acceptors (Lipinski definition) is 7. The Labute approximate surface area is 229 Å². The Morgan fingerprint density at radius 1 is 1.02 bits per heavy atom. The molecule has 0 bridgehead atoms. The van der Waals surface area contributed by atoms with Crippen molar-refractivity contribution in [1.29, 1.82) is 0 Å². The predicted octanol–water partition coefficient (Wildman–Crippen LogP) is 5.93. The van der Waals surface area contributed by atoms with E-state index in [-0.39, 0.29) is 29.7 Å². The third kappa shape index (κ3) is 5.14. The van der Waals surface area contributed by atoms with Gasteiger partial charge in [0.1, 0.15) is 16.9 Å². The Morgan fingerprint density at radius 3 is 2.42 bits per heavy atom. The summed E-state index contributed by atoms with van der Waals surface area (Å²) < 4.78 is 7.15. The van der Waals surface area contributed by atoms with Gasteiger partial charge in [0, 0.05) is 18.2 Å². The number of carbonyl (C=O) groups is 2. The van der Waals surface area contributed by atoms with E-state index in [9.17, 15) is 19.7 Å². The summed E-state index contributed by atoms with van der Waals surface area (Å²) in [6.45, 7) is 3.76. The largest absolute Gasteiger partial charge is 0.462 e. The number of para-hydroxylation sites is 2. The standard InChI is InChI=1S/C30H25N5O5/c1-3-40-30(37)26-27-29(32-24-15-8-7-14-23(24)31-27)34(19(2)21-11-5-4-6-12-21)28(26)33-25(36)17-16-20-10-9-13-22(18-20)35(38)39/h4-19H,3H2,1-2H3,(H,33,36). The average Bonchev–Trinajstić information content (AvgIpc) is 3.27. The van der Waals surface area contributed by atoms with Gasteiger partial charge in [0.15, 0.2) is 5.65 Å². The topological polar surface area (TPSA) is 129 Å². The number of non-ortho nitro benzene ring substituents is 1. The molecule has 0 spiro atoms. The Balaban J connectivity index is 1.67. The molecule has 5 rings (SSSR count). The van der Waals surface area contributed by atoms with E-state index in [0.29, 0.717) is 27.8 Å². The maximum Gasteiger partial charge on any atom is 0.344 e. The van der Waals surface area contributed by atoms with E-state index in [4.69, 9.17) is 14.7 Å². The molecule has 200 valence electrons. The van der Waals surface area contributed by atoms with E-state index in [1.165, 1.54) is 30.4 Å². The molecule has 0 saturated carbocycles. The van der Waals surface area contributed by atoms with Crippen LogP contribution < -0.4 is 5.32 Å². The molecular formula is C30H25N5O5. The highest BCUT2D eigenvalue weighted by atomic mass is 16.6. The van der Waals surface area contributed by atoms with Crippen molar-refractivity contribution in [3.8, 4) is 0 Å². The monoisotopic (exact) mass is 535 g/mol. The van der Waals surface area contributed by atoms with Crippen molar-refractivity contribution in [2.75, 3.05) is 11.9 Å². The van der Waals surface area contributed by atoms with Gasteiger partial charge in [-0.2, -0.15) is 0 Å². The van der Waals surface area contributed by atoms with Gasteiger partial charge in [0.05, 0.1) is 28.6 Å². The molecule has 0 saturated heterocycles. The zero-order valence-corrected chi connectivity index (χ0v) is 21.8. The number of ether oxygens (including phenoxy) is 1. The quantitative estimate of drug-likeness (QED) is 0.113. The van der Waals surface area contributed by atoms with Crippen molar-refractivity contribution in [2.24, 2.45) is 0 Å². The van der Waals surface area contributed by atoms with Crippen LogP contribution in [0.5, 0.6) is 0 Å². The first-order valence-electron chi connectivity index (χ1n) is 12.6. The first-order valence-corrected chi connectivity index (χ1v) is 12.6. The van der Waals surface area contributed by atoms with Crippen LogP contribution in [0.15, 0.2) is 84.9 Å². The molecule has 2 aromatic heterocycles. The maximum absolute atomic E-state index is 13.3. The van der Waals surface area contributed by atoms with E-state index in [2.05, 4.69) is 5.32 Å². The van der Waals surface area contributed by atoms with Gasteiger partial charge in [-0.25, -0.2) is 14.8 Å². The van der Waals surface area contributed by atoms with Crippen molar-refractivity contribution in [2.45, 2.75) is 19.9 Å². The molecule has 0 fully saturated rings. The van der Waals surface area contributed by atoms with Crippen LogP contribution in [0.3, 0.4) is 0 Å². The molecule has 1 unspecified atom stereocenters. The summed E-state index contributed by atoms with van der Waals surface area (Å²) in [5.41, 5.74) is 3.34. The van der Waals surface area contributed by atoms with E-state index in [1.54, 1.807) is 23.6 Å². The lowest BCUT2D eigenvalue weighted by molar-refractivity contribution is -0.384. The lowest BCUT2D eigenvalue weighted by Gasteiger charge is -2.19. The molecule has 1 atom stereocenters. The minimum absolute atomic E-state index is 0.0896. The molecule has 40 heavy (non-hydrogen) atoms. The van der Waals surface area contributed by atoms with Gasteiger partial charge >= 0.3 is 5.97 Å². The molecule has 3 aromatic carbocycles. The average molecular weight is 536 g/mol. The number of nitro benzene ring substituents is 1. The summed E-state index contributed by atoms with van der Waals surface area (Å²) in [4.78, 5) is 46.7. The number of benzene rings is 3. The number of nitrogens with one attached hydrogen (secondary N) is 1. The lowest BCUT2D eigenvalue weighted by Crippen LogP contribution is -2.18. The normalized spacial score (nSPS) is 12.1. The summed E-state index contributed by atoms with van der Waals surface area (Å²) in [6.07, 6.45) is 2.71. The first-order chi connectivity index (χ1) is 19.4. The number of fused-ring (bicyclic) bond motifs is 2. The predicted molar refractivity (Wildman–Crippen MR) is 152 cm³/mol. The second-order valence-electron chi connectivity index (χ2n) is 8.96. The molecule has 0 aliphatic heterocycles. The minimum atomic E-state index is -0.644. The summed E-state index contributed by atoms with van der Waals surface area (Å²) in [5.74, 6) is -1.01. The molecular weight excluding hydrogens is 510 g/mol. The van der Waals surface area contributed by atoms with Crippen LogP contribution in [0.1, 0.15) is 41.4 Å². The summed E-state index contributed by atoms with van der Waals surface area (Å²) in [5, 5.41) is 14.0. The Morgan fingerprint density at radius 2 is 1.73 bits per heavy atom. The number of amides is 1. The number of nitrogens with zero attached hydrogens (tertiary/aromatic N) is 4. The van der Waals surface area contributed by atoms with Crippen LogP contribution in [0, 0.1) is 10.1 Å². The second kappa shape index (κ2) is 11.2. The zero-order valence-electron chi connectivity index (χ0n) is 21.8. The molecule has 1 amide bonds. The van der Waals surface area contributed by atoms with Crippen LogP contribution in [-0.2, 0) is 9.53 Å². The van der Waals surface area contributed by atoms with Crippen LogP contribution in [0.2, 0.25) is 0 Å². The van der Waals surface area contributed by atoms with Gasteiger partial charge in [-0.05, 0) is 43.2 Å². The van der Waals surface area contributed by atoms with Gasteiger partial charge in [-0.15, -0.1) is 0 Å². The Hall–Kier alpha value is -5.38. The highest BCUT2D eigenvalue weighted by Gasteiger charge is 2.30. The van der Waals surface area contributed by atoms with Gasteiger partial charge in [0.25, 0.3) is 5.69 Å². The van der Waals surface area contributed by atoms with E-state index in [1.807, 2.05) is 55.5 Å². The number of hydrogen-bond donors (Lipinski definition) is 1. The number of carbonyl (C=O) groups excluding carboxylic acids is 2. The fourth-order valence-electron chi connectivity index (χ4n) is 4.51. The van der Waals surface area contributed by atoms with Crippen LogP contribution in [-0.4, -0.2) is 37.9 Å². The SMILES string of the molecule is CCOC(=O)c1c(NC(=O)C=Cc2cccc([N+](=O)[O-])c2)n(C(C)c2ccccc2)c2nc3ccccc3nc12. The van der Waals surface area contributed by atoms with Crippen LogP contribution in [0.4, 0.5) is 11.5 Å². The number of esters is 1. The first kappa shape index (κ1) is 26.2. The third-order valence-corrected chi connectivity index (χ3v) is 6.39. The van der Waals surface area contributed by atoms with Crippen molar-refractivity contribution in [1.82, 2.24) is 14.5 Å². The lowest BCUT2D eigenvalue weighted by atomic mass is 10.1. The van der Waals surface area contributed by atoms with Crippen molar-refractivity contribution in [3.05, 3.63) is 112 Å². The minimum Gasteiger partial charge on any atom is -0.462 e. The number of aromatic nitrogens is 3.